The van der Waals surface area contributed by atoms with E-state index in [0.29, 0.717) is 17.5 Å². The number of ether oxygens (including phenoxy) is 2. The van der Waals surface area contributed by atoms with E-state index in [1.165, 1.54) is 19.2 Å². The van der Waals surface area contributed by atoms with Crippen LogP contribution in [0.3, 0.4) is 0 Å². The van der Waals surface area contributed by atoms with Crippen molar-refractivity contribution >= 4 is 11.8 Å². The molecule has 2 aliphatic heterocycles. The van der Waals surface area contributed by atoms with Gasteiger partial charge in [0.2, 0.25) is 0 Å². The first-order chi connectivity index (χ1) is 15.9. The lowest BCUT2D eigenvalue weighted by Crippen LogP contribution is -2.45. The van der Waals surface area contributed by atoms with Gasteiger partial charge in [-0.3, -0.25) is 9.58 Å². The predicted molar refractivity (Wildman–Crippen MR) is 123 cm³/mol. The molecule has 0 radical (unpaired) electrons. The van der Waals surface area contributed by atoms with Crippen molar-refractivity contribution in [3.63, 3.8) is 0 Å². The lowest BCUT2D eigenvalue weighted by Gasteiger charge is -2.36. The number of aromatic nitrogens is 2. The van der Waals surface area contributed by atoms with Crippen molar-refractivity contribution in [3.05, 3.63) is 60.2 Å². The van der Waals surface area contributed by atoms with Crippen LogP contribution in [0.1, 0.15) is 24.9 Å². The van der Waals surface area contributed by atoms with Crippen LogP contribution in [0.25, 0.3) is 11.1 Å². The molecule has 33 heavy (non-hydrogen) atoms. The summed E-state index contributed by atoms with van der Waals surface area (Å²) in [5, 5.41) is 4.59. The molecule has 172 valence electrons. The van der Waals surface area contributed by atoms with Gasteiger partial charge in [0.25, 0.3) is 0 Å². The minimum atomic E-state index is -0.397. The number of benzene rings is 2. The average Bonchev–Trinajstić information content (AvgIpc) is 3.27. The maximum Gasteiger partial charge on any atom is 0.414 e. The molecule has 0 spiro atoms. The van der Waals surface area contributed by atoms with Gasteiger partial charge >= 0.3 is 6.09 Å². The molecule has 0 aliphatic carbocycles. The number of fused-ring (bicyclic) bond motifs is 1. The molecule has 3 aromatic rings. The Bertz CT molecular complexity index is 1170. The lowest BCUT2D eigenvalue weighted by atomic mass is 9.92. The number of halogens is 1. The maximum absolute atomic E-state index is 13.5. The van der Waals surface area contributed by atoms with Crippen LogP contribution in [0.2, 0.25) is 0 Å². The van der Waals surface area contributed by atoms with Crippen molar-refractivity contribution in [3.8, 4) is 22.6 Å². The molecule has 1 saturated heterocycles. The van der Waals surface area contributed by atoms with Gasteiger partial charge in [-0.15, -0.1) is 0 Å². The van der Waals surface area contributed by atoms with Gasteiger partial charge in [-0.1, -0.05) is 0 Å². The number of rotatable bonds is 4. The number of carbonyl (C=O) groups is 1. The van der Waals surface area contributed by atoms with Gasteiger partial charge in [0.15, 0.2) is 0 Å². The molecular formula is C25H27FN4O3. The summed E-state index contributed by atoms with van der Waals surface area (Å²) in [6.45, 7) is 3.94. The van der Waals surface area contributed by atoms with Gasteiger partial charge in [-0.2, -0.15) is 5.10 Å². The number of likely N-dealkylation sites (tertiary alicyclic amines) is 1. The van der Waals surface area contributed by atoms with Crippen LogP contribution in [0, 0.1) is 5.82 Å². The third-order valence-corrected chi connectivity index (χ3v) is 6.48. The summed E-state index contributed by atoms with van der Waals surface area (Å²) >= 11 is 0. The highest BCUT2D eigenvalue weighted by Crippen LogP contribution is 2.45. The number of methoxy groups -OCH3 is 1. The summed E-state index contributed by atoms with van der Waals surface area (Å²) < 4.78 is 26.9. The Labute approximate surface area is 192 Å². The van der Waals surface area contributed by atoms with Gasteiger partial charge in [0, 0.05) is 42.0 Å². The minimum Gasteiger partial charge on any atom is -0.456 e. The molecule has 0 N–H and O–H groups in total. The Balaban J connectivity index is 1.60. The van der Waals surface area contributed by atoms with E-state index in [-0.39, 0.29) is 11.9 Å². The summed E-state index contributed by atoms with van der Waals surface area (Å²) in [6, 6.07) is 10.2. The van der Waals surface area contributed by atoms with Crippen LogP contribution in [-0.4, -0.2) is 54.1 Å². The van der Waals surface area contributed by atoms with E-state index < -0.39 is 6.09 Å². The summed E-state index contributed by atoms with van der Waals surface area (Å²) in [5.41, 5.74) is 3.52. The van der Waals surface area contributed by atoms with E-state index in [4.69, 9.17) is 9.47 Å². The highest BCUT2D eigenvalue weighted by molar-refractivity contribution is 5.92. The zero-order valence-electron chi connectivity index (χ0n) is 19.0. The molecule has 1 unspecified atom stereocenters. The van der Waals surface area contributed by atoms with Crippen LogP contribution >= 0.6 is 0 Å². The molecule has 1 amide bonds. The molecule has 3 heterocycles. The molecule has 0 saturated carbocycles. The van der Waals surface area contributed by atoms with E-state index in [2.05, 4.69) is 17.0 Å². The minimum absolute atomic E-state index is 0.00725. The van der Waals surface area contributed by atoms with Gasteiger partial charge in [0.05, 0.1) is 25.0 Å². The Hall–Kier alpha value is -3.39. The largest absolute Gasteiger partial charge is 0.456 e. The summed E-state index contributed by atoms with van der Waals surface area (Å²) in [7, 11) is 3.48. The number of carbonyl (C=O) groups excluding carboxylic acids is 1. The first-order valence-electron chi connectivity index (χ1n) is 11.1. The third kappa shape index (κ3) is 3.95. The Morgan fingerprint density at radius 1 is 1.15 bits per heavy atom. The van der Waals surface area contributed by atoms with Crippen LogP contribution in [0.5, 0.6) is 11.5 Å². The normalized spacial score (nSPS) is 18.5. The fourth-order valence-corrected chi connectivity index (χ4v) is 4.66. The Kier molecular flexibility index (Phi) is 5.54. The average molecular weight is 451 g/mol. The first-order valence-corrected chi connectivity index (χ1v) is 11.1. The van der Waals surface area contributed by atoms with E-state index in [9.17, 15) is 9.18 Å². The summed E-state index contributed by atoms with van der Waals surface area (Å²) in [4.78, 5) is 16.5. The maximum atomic E-state index is 13.5. The smallest absolute Gasteiger partial charge is 0.414 e. The fourth-order valence-electron chi connectivity index (χ4n) is 4.66. The van der Waals surface area contributed by atoms with Gasteiger partial charge in [-0.05, 0) is 63.2 Å². The van der Waals surface area contributed by atoms with Gasteiger partial charge in [0.1, 0.15) is 17.3 Å². The van der Waals surface area contributed by atoms with E-state index in [1.54, 1.807) is 17.0 Å². The Morgan fingerprint density at radius 3 is 2.61 bits per heavy atom. The zero-order chi connectivity index (χ0) is 23.1. The molecule has 2 aliphatic rings. The number of nitrogens with zero attached hydrogens (tertiary/aromatic N) is 4. The predicted octanol–water partition coefficient (Wildman–Crippen LogP) is 4.88. The summed E-state index contributed by atoms with van der Waals surface area (Å²) in [5.74, 6) is 0.864. The number of anilines is 1. The zero-order valence-corrected chi connectivity index (χ0v) is 19.0. The monoisotopic (exact) mass is 450 g/mol. The third-order valence-electron chi connectivity index (χ3n) is 6.48. The number of likely N-dealkylation sites (N-methyl/N-ethyl adjacent to an activating group) is 1. The summed E-state index contributed by atoms with van der Waals surface area (Å²) in [6.07, 6.45) is 5.02. The number of hydrogen-bond donors (Lipinski definition) is 0. The van der Waals surface area contributed by atoms with Crippen LogP contribution < -0.4 is 9.64 Å². The second kappa shape index (κ2) is 8.51. The molecule has 2 aromatic carbocycles. The SMILES string of the molecule is COC(=O)N1c2ccc(-c3cnn(C4CN(C)C4)c3)c(Oc3ccc(F)cc3)c2CCC1C. The molecule has 1 fully saturated rings. The van der Waals surface area contributed by atoms with Gasteiger partial charge < -0.3 is 14.4 Å². The second-order valence-electron chi connectivity index (χ2n) is 8.81. The van der Waals surface area contributed by atoms with Crippen molar-refractivity contribution in [2.45, 2.75) is 31.8 Å². The van der Waals surface area contributed by atoms with Crippen molar-refractivity contribution in [2.24, 2.45) is 0 Å². The van der Waals surface area contributed by atoms with Crippen molar-refractivity contribution in [1.82, 2.24) is 14.7 Å². The topological polar surface area (TPSA) is 59.8 Å². The molecular weight excluding hydrogens is 423 g/mol. The molecule has 7 nitrogen and oxygen atoms in total. The van der Waals surface area contributed by atoms with E-state index in [1.807, 2.05) is 36.1 Å². The van der Waals surface area contributed by atoms with Crippen molar-refractivity contribution in [2.75, 3.05) is 32.1 Å². The molecule has 1 atom stereocenters. The van der Waals surface area contributed by atoms with Crippen LogP contribution in [0.15, 0.2) is 48.8 Å². The highest BCUT2D eigenvalue weighted by atomic mass is 19.1. The molecule has 0 bridgehead atoms. The molecule has 5 rings (SSSR count). The molecule has 1 aromatic heterocycles. The van der Waals surface area contributed by atoms with Crippen molar-refractivity contribution < 1.29 is 18.7 Å². The number of amides is 1. The first kappa shape index (κ1) is 21.5. The standard InChI is InChI=1S/C25H27FN4O3/c1-16-4-9-22-23(30(16)25(31)32-3)11-10-21(24(22)33-20-7-5-18(26)6-8-20)17-12-27-29(13-17)19-14-28(2)15-19/h5-8,10-13,16,19H,4,9,14-15H2,1-3H3. The van der Waals surface area contributed by atoms with Gasteiger partial charge in [-0.25, -0.2) is 9.18 Å². The lowest BCUT2D eigenvalue weighted by molar-refractivity contribution is 0.130. The fraction of sp³-hybridized carbons (Fsp3) is 0.360. The Morgan fingerprint density at radius 2 is 1.91 bits per heavy atom. The second-order valence-corrected chi connectivity index (χ2v) is 8.81. The van der Waals surface area contributed by atoms with Crippen LogP contribution in [0.4, 0.5) is 14.9 Å². The van der Waals surface area contributed by atoms with E-state index in [0.717, 1.165) is 48.3 Å². The van der Waals surface area contributed by atoms with Crippen LogP contribution in [-0.2, 0) is 11.2 Å². The highest BCUT2D eigenvalue weighted by Gasteiger charge is 2.33. The quantitative estimate of drug-likeness (QED) is 0.567. The number of hydrogen-bond acceptors (Lipinski definition) is 5. The molecule has 8 heteroatoms. The van der Waals surface area contributed by atoms with E-state index >= 15 is 0 Å². The van der Waals surface area contributed by atoms with Crippen molar-refractivity contribution in [1.29, 1.82) is 0 Å².